The predicted octanol–water partition coefficient (Wildman–Crippen LogP) is 0.376. The molecular weight excluding hydrogens is 218 g/mol. The topological polar surface area (TPSA) is 70.3 Å². The van der Waals surface area contributed by atoms with Crippen LogP contribution in [0.15, 0.2) is 6.20 Å². The van der Waals surface area contributed by atoms with E-state index in [1.807, 2.05) is 13.2 Å². The van der Waals surface area contributed by atoms with E-state index in [1.54, 1.807) is 11.6 Å². The number of aliphatic hydroxyl groups is 2. The number of aryl methyl sites for hydroxylation is 1. The number of aliphatic hydroxyl groups excluding tert-OH is 1. The summed E-state index contributed by atoms with van der Waals surface area (Å²) in [5.74, 6) is 0.381. The van der Waals surface area contributed by atoms with Crippen molar-refractivity contribution < 1.29 is 10.2 Å². The number of hydrogen-bond donors (Lipinski definition) is 3. The Labute approximate surface area is 102 Å². The van der Waals surface area contributed by atoms with Crippen molar-refractivity contribution in [2.75, 3.05) is 13.2 Å². The largest absolute Gasteiger partial charge is 0.393 e. The van der Waals surface area contributed by atoms with Crippen molar-refractivity contribution in [3.05, 3.63) is 17.5 Å². The van der Waals surface area contributed by atoms with Crippen LogP contribution in [0, 0.1) is 0 Å². The monoisotopic (exact) mass is 241 g/mol. The smallest absolute Gasteiger partial charge is 0.0972 e. The molecule has 0 bridgehead atoms. The first kappa shape index (κ1) is 14.2. The van der Waals surface area contributed by atoms with Gasteiger partial charge in [-0.25, -0.2) is 0 Å². The van der Waals surface area contributed by atoms with Crippen molar-refractivity contribution in [3.63, 3.8) is 0 Å². The lowest BCUT2D eigenvalue weighted by Crippen LogP contribution is -2.40. The SMILES string of the molecule is CC(C)c1nn(C)cc1CNCC(C)(O)CO. The number of nitrogens with zero attached hydrogens (tertiary/aromatic N) is 2. The van der Waals surface area contributed by atoms with E-state index in [2.05, 4.69) is 24.3 Å². The lowest BCUT2D eigenvalue weighted by Gasteiger charge is -2.20. The fourth-order valence-electron chi connectivity index (χ4n) is 1.70. The van der Waals surface area contributed by atoms with Gasteiger partial charge in [0.05, 0.1) is 17.9 Å². The van der Waals surface area contributed by atoms with Crippen LogP contribution in [-0.4, -0.2) is 38.7 Å². The predicted molar refractivity (Wildman–Crippen MR) is 66.7 cm³/mol. The van der Waals surface area contributed by atoms with Gasteiger partial charge in [-0.3, -0.25) is 4.68 Å². The van der Waals surface area contributed by atoms with Crippen molar-refractivity contribution in [2.45, 2.75) is 38.8 Å². The molecule has 0 spiro atoms. The molecule has 5 nitrogen and oxygen atoms in total. The summed E-state index contributed by atoms with van der Waals surface area (Å²) in [5, 5.41) is 26.1. The molecule has 0 saturated carbocycles. The normalized spacial score (nSPS) is 15.2. The highest BCUT2D eigenvalue weighted by Crippen LogP contribution is 2.17. The van der Waals surface area contributed by atoms with Gasteiger partial charge in [0.2, 0.25) is 0 Å². The molecule has 0 fully saturated rings. The highest BCUT2D eigenvalue weighted by molar-refractivity contribution is 5.19. The summed E-state index contributed by atoms with van der Waals surface area (Å²) in [5.41, 5.74) is 1.14. The van der Waals surface area contributed by atoms with Crippen LogP contribution in [0.3, 0.4) is 0 Å². The van der Waals surface area contributed by atoms with E-state index in [0.717, 1.165) is 11.3 Å². The Kier molecular flexibility index (Phi) is 4.68. The number of rotatable bonds is 6. The van der Waals surface area contributed by atoms with Gasteiger partial charge in [0.15, 0.2) is 0 Å². The highest BCUT2D eigenvalue weighted by Gasteiger charge is 2.18. The van der Waals surface area contributed by atoms with Crippen LogP contribution in [0.4, 0.5) is 0 Å². The maximum absolute atomic E-state index is 9.65. The third-order valence-electron chi connectivity index (χ3n) is 2.65. The van der Waals surface area contributed by atoms with Crippen molar-refractivity contribution in [3.8, 4) is 0 Å². The maximum Gasteiger partial charge on any atom is 0.0972 e. The van der Waals surface area contributed by atoms with Crippen molar-refractivity contribution in [1.82, 2.24) is 15.1 Å². The van der Waals surface area contributed by atoms with E-state index in [0.29, 0.717) is 19.0 Å². The summed E-state index contributed by atoms with van der Waals surface area (Å²) in [4.78, 5) is 0. The molecule has 0 amide bonds. The van der Waals surface area contributed by atoms with Gasteiger partial charge >= 0.3 is 0 Å². The first-order valence-corrected chi connectivity index (χ1v) is 5.92. The molecule has 0 aliphatic rings. The number of hydrogen-bond acceptors (Lipinski definition) is 4. The minimum atomic E-state index is -1.07. The fraction of sp³-hybridized carbons (Fsp3) is 0.750. The molecule has 1 rings (SSSR count). The average molecular weight is 241 g/mol. The summed E-state index contributed by atoms with van der Waals surface area (Å²) in [6.45, 7) is 6.58. The van der Waals surface area contributed by atoms with Crippen LogP contribution < -0.4 is 5.32 Å². The second kappa shape index (κ2) is 5.62. The molecule has 0 aliphatic carbocycles. The Morgan fingerprint density at radius 1 is 1.53 bits per heavy atom. The Balaban J connectivity index is 2.57. The first-order valence-electron chi connectivity index (χ1n) is 5.92. The van der Waals surface area contributed by atoms with Crippen LogP contribution in [-0.2, 0) is 13.6 Å². The van der Waals surface area contributed by atoms with Crippen molar-refractivity contribution in [1.29, 1.82) is 0 Å². The molecule has 1 aromatic heterocycles. The molecule has 1 aromatic rings. The van der Waals surface area contributed by atoms with E-state index in [1.165, 1.54) is 0 Å². The Morgan fingerprint density at radius 3 is 2.71 bits per heavy atom. The molecule has 1 heterocycles. The summed E-state index contributed by atoms with van der Waals surface area (Å²) in [6.07, 6.45) is 1.98. The Morgan fingerprint density at radius 2 is 2.18 bits per heavy atom. The van der Waals surface area contributed by atoms with Gasteiger partial charge in [0.25, 0.3) is 0 Å². The lowest BCUT2D eigenvalue weighted by atomic mass is 10.1. The number of nitrogens with one attached hydrogen (secondary N) is 1. The minimum Gasteiger partial charge on any atom is -0.393 e. The fourth-order valence-corrected chi connectivity index (χ4v) is 1.70. The Hall–Kier alpha value is -0.910. The van der Waals surface area contributed by atoms with Gasteiger partial charge in [-0.15, -0.1) is 0 Å². The van der Waals surface area contributed by atoms with E-state index in [9.17, 15) is 5.11 Å². The molecule has 0 aliphatic heterocycles. The zero-order valence-corrected chi connectivity index (χ0v) is 11.1. The van der Waals surface area contributed by atoms with Crippen LogP contribution in [0.25, 0.3) is 0 Å². The Bertz CT molecular complexity index is 359. The van der Waals surface area contributed by atoms with Gasteiger partial charge < -0.3 is 15.5 Å². The molecule has 0 aromatic carbocycles. The summed E-state index contributed by atoms with van der Waals surface area (Å²) in [7, 11) is 1.90. The molecule has 5 heteroatoms. The lowest BCUT2D eigenvalue weighted by molar-refractivity contribution is 0.00252. The molecule has 3 N–H and O–H groups in total. The van der Waals surface area contributed by atoms with Gasteiger partial charge in [-0.2, -0.15) is 5.10 Å². The van der Waals surface area contributed by atoms with E-state index < -0.39 is 5.60 Å². The van der Waals surface area contributed by atoms with Crippen molar-refractivity contribution >= 4 is 0 Å². The van der Waals surface area contributed by atoms with Gasteiger partial charge in [0, 0.05) is 31.9 Å². The van der Waals surface area contributed by atoms with Crippen LogP contribution in [0.5, 0.6) is 0 Å². The van der Waals surface area contributed by atoms with Gasteiger partial charge in [-0.05, 0) is 12.8 Å². The summed E-state index contributed by atoms with van der Waals surface area (Å²) < 4.78 is 1.80. The maximum atomic E-state index is 9.65. The third kappa shape index (κ3) is 4.11. The molecule has 98 valence electrons. The van der Waals surface area contributed by atoms with Crippen LogP contribution >= 0.6 is 0 Å². The quantitative estimate of drug-likeness (QED) is 0.673. The first-order chi connectivity index (χ1) is 7.85. The number of aromatic nitrogens is 2. The molecule has 0 saturated heterocycles. The molecule has 1 unspecified atom stereocenters. The zero-order chi connectivity index (χ0) is 13.1. The van der Waals surface area contributed by atoms with Gasteiger partial charge in [0.1, 0.15) is 0 Å². The highest BCUT2D eigenvalue weighted by atomic mass is 16.3. The standard InChI is InChI=1S/C12H23N3O2/c1-9(2)11-10(6-15(4)14-11)5-13-7-12(3,17)8-16/h6,9,13,16-17H,5,7-8H2,1-4H3. The molecule has 1 atom stereocenters. The summed E-state index contributed by atoms with van der Waals surface area (Å²) >= 11 is 0. The van der Waals surface area contributed by atoms with Gasteiger partial charge in [-0.1, -0.05) is 13.8 Å². The van der Waals surface area contributed by atoms with E-state index >= 15 is 0 Å². The second-order valence-corrected chi connectivity index (χ2v) is 5.13. The third-order valence-corrected chi connectivity index (χ3v) is 2.65. The molecular formula is C12H23N3O2. The zero-order valence-electron chi connectivity index (χ0n) is 11.1. The van der Waals surface area contributed by atoms with Crippen molar-refractivity contribution in [2.24, 2.45) is 7.05 Å². The molecule has 17 heavy (non-hydrogen) atoms. The minimum absolute atomic E-state index is 0.246. The van der Waals surface area contributed by atoms with Crippen LogP contribution in [0.1, 0.15) is 37.9 Å². The average Bonchev–Trinajstić information content (AvgIpc) is 2.60. The van der Waals surface area contributed by atoms with Crippen LogP contribution in [0.2, 0.25) is 0 Å². The second-order valence-electron chi connectivity index (χ2n) is 5.13. The van der Waals surface area contributed by atoms with E-state index in [4.69, 9.17) is 5.11 Å². The van der Waals surface area contributed by atoms with E-state index in [-0.39, 0.29) is 6.61 Å². The molecule has 0 radical (unpaired) electrons. The summed E-state index contributed by atoms with van der Waals surface area (Å²) in [6, 6.07) is 0.